The molecule has 1 aromatic carbocycles. The number of rotatable bonds is 6. The third-order valence-electron chi connectivity index (χ3n) is 3.01. The van der Waals surface area contributed by atoms with Crippen LogP contribution in [0.2, 0.25) is 0 Å². The SMILES string of the molecule is CNCCCC(=O)Nc1ccc2nc(C(C)C)sc2c1.Cl. The second kappa shape index (κ2) is 8.32. The monoisotopic (exact) mass is 327 g/mol. The fourth-order valence-corrected chi connectivity index (χ4v) is 2.93. The van der Waals surface area contributed by atoms with E-state index in [1.165, 1.54) is 0 Å². The lowest BCUT2D eigenvalue weighted by molar-refractivity contribution is -0.116. The van der Waals surface area contributed by atoms with Gasteiger partial charge in [0.15, 0.2) is 0 Å². The van der Waals surface area contributed by atoms with Gasteiger partial charge in [-0.05, 0) is 38.2 Å². The van der Waals surface area contributed by atoms with Crippen LogP contribution in [0, 0.1) is 0 Å². The Hall–Kier alpha value is -1.17. The number of hydrogen-bond donors (Lipinski definition) is 2. The lowest BCUT2D eigenvalue weighted by atomic mass is 10.2. The van der Waals surface area contributed by atoms with Crippen molar-refractivity contribution in [3.8, 4) is 0 Å². The van der Waals surface area contributed by atoms with Crippen LogP contribution in [0.15, 0.2) is 18.2 Å². The number of amides is 1. The van der Waals surface area contributed by atoms with Crippen LogP contribution < -0.4 is 10.6 Å². The fraction of sp³-hybridized carbons (Fsp3) is 0.467. The van der Waals surface area contributed by atoms with Crippen molar-refractivity contribution in [3.63, 3.8) is 0 Å². The predicted octanol–water partition coefficient (Wildman–Crippen LogP) is 3.78. The Bertz CT molecular complexity index is 598. The van der Waals surface area contributed by atoms with E-state index < -0.39 is 0 Å². The maximum Gasteiger partial charge on any atom is 0.224 e. The molecule has 0 bridgehead atoms. The molecule has 1 amide bonds. The summed E-state index contributed by atoms with van der Waals surface area (Å²) in [7, 11) is 1.89. The number of carbonyl (C=O) groups excluding carboxylic acids is 1. The van der Waals surface area contributed by atoms with E-state index in [1.807, 2.05) is 25.2 Å². The highest BCUT2D eigenvalue weighted by Crippen LogP contribution is 2.29. The maximum absolute atomic E-state index is 11.8. The van der Waals surface area contributed by atoms with Gasteiger partial charge in [0, 0.05) is 18.0 Å². The number of fused-ring (bicyclic) bond motifs is 1. The van der Waals surface area contributed by atoms with Crippen molar-refractivity contribution in [1.82, 2.24) is 10.3 Å². The summed E-state index contributed by atoms with van der Waals surface area (Å²) in [6.07, 6.45) is 1.39. The molecule has 2 rings (SSSR count). The molecule has 21 heavy (non-hydrogen) atoms. The number of nitrogens with zero attached hydrogens (tertiary/aromatic N) is 1. The smallest absolute Gasteiger partial charge is 0.224 e. The average molecular weight is 328 g/mol. The second-order valence-electron chi connectivity index (χ2n) is 5.14. The summed E-state index contributed by atoms with van der Waals surface area (Å²) < 4.78 is 1.13. The van der Waals surface area contributed by atoms with Gasteiger partial charge in [-0.15, -0.1) is 23.7 Å². The Morgan fingerprint density at radius 2 is 2.14 bits per heavy atom. The zero-order valence-electron chi connectivity index (χ0n) is 12.6. The summed E-state index contributed by atoms with van der Waals surface area (Å²) in [6.45, 7) is 5.14. The van der Waals surface area contributed by atoms with E-state index in [0.717, 1.165) is 33.9 Å². The molecule has 0 radical (unpaired) electrons. The van der Waals surface area contributed by atoms with E-state index in [0.29, 0.717) is 12.3 Å². The van der Waals surface area contributed by atoms with Gasteiger partial charge in [-0.2, -0.15) is 0 Å². The molecule has 0 aliphatic heterocycles. The summed E-state index contributed by atoms with van der Waals surface area (Å²) in [5.74, 6) is 0.500. The molecule has 0 saturated carbocycles. The van der Waals surface area contributed by atoms with E-state index in [1.54, 1.807) is 11.3 Å². The van der Waals surface area contributed by atoms with Gasteiger partial charge in [0.1, 0.15) is 0 Å². The molecule has 0 aliphatic rings. The Morgan fingerprint density at radius 1 is 1.38 bits per heavy atom. The van der Waals surface area contributed by atoms with Crippen molar-refractivity contribution < 1.29 is 4.79 Å². The number of benzene rings is 1. The normalized spacial score (nSPS) is 10.7. The van der Waals surface area contributed by atoms with Crippen molar-refractivity contribution in [3.05, 3.63) is 23.2 Å². The molecule has 1 heterocycles. The van der Waals surface area contributed by atoms with Gasteiger partial charge >= 0.3 is 0 Å². The first-order chi connectivity index (χ1) is 9.60. The third-order valence-corrected chi connectivity index (χ3v) is 4.33. The number of nitrogens with one attached hydrogen (secondary N) is 2. The zero-order valence-corrected chi connectivity index (χ0v) is 14.2. The van der Waals surface area contributed by atoms with Crippen LogP contribution in [-0.2, 0) is 4.79 Å². The Labute approximate surface area is 135 Å². The number of halogens is 1. The molecule has 1 aromatic heterocycles. The maximum atomic E-state index is 11.8. The largest absolute Gasteiger partial charge is 0.326 e. The molecule has 0 atom stereocenters. The average Bonchev–Trinajstić information content (AvgIpc) is 2.82. The van der Waals surface area contributed by atoms with Crippen LogP contribution in [0.4, 0.5) is 5.69 Å². The van der Waals surface area contributed by atoms with E-state index in [9.17, 15) is 4.79 Å². The van der Waals surface area contributed by atoms with Gasteiger partial charge in [-0.1, -0.05) is 13.8 Å². The minimum atomic E-state index is 0. The van der Waals surface area contributed by atoms with Crippen LogP contribution in [0.3, 0.4) is 0 Å². The van der Waals surface area contributed by atoms with E-state index in [4.69, 9.17) is 0 Å². The molecular formula is C15H22ClN3OS. The molecule has 0 spiro atoms. The van der Waals surface area contributed by atoms with Crippen LogP contribution >= 0.6 is 23.7 Å². The molecule has 0 unspecified atom stereocenters. The van der Waals surface area contributed by atoms with Gasteiger partial charge in [-0.25, -0.2) is 4.98 Å². The fourth-order valence-electron chi connectivity index (χ4n) is 1.92. The second-order valence-corrected chi connectivity index (χ2v) is 6.21. The number of aromatic nitrogens is 1. The minimum absolute atomic E-state index is 0. The van der Waals surface area contributed by atoms with Crippen molar-refractivity contribution in [1.29, 1.82) is 0 Å². The molecular weight excluding hydrogens is 306 g/mol. The molecule has 2 aromatic rings. The minimum Gasteiger partial charge on any atom is -0.326 e. The first-order valence-electron chi connectivity index (χ1n) is 6.95. The van der Waals surface area contributed by atoms with Crippen molar-refractivity contribution in [2.24, 2.45) is 0 Å². The van der Waals surface area contributed by atoms with Crippen LogP contribution in [0.25, 0.3) is 10.2 Å². The Kier molecular flexibility index (Phi) is 7.08. The highest BCUT2D eigenvalue weighted by atomic mass is 35.5. The predicted molar refractivity (Wildman–Crippen MR) is 92.7 cm³/mol. The first kappa shape index (κ1) is 17.9. The highest BCUT2D eigenvalue weighted by molar-refractivity contribution is 7.18. The number of anilines is 1. The van der Waals surface area contributed by atoms with Crippen LogP contribution in [-0.4, -0.2) is 24.5 Å². The van der Waals surface area contributed by atoms with Crippen molar-refractivity contribution >= 4 is 45.6 Å². The molecule has 0 fully saturated rings. The Balaban J connectivity index is 0.00000220. The van der Waals surface area contributed by atoms with Gasteiger partial charge in [0.25, 0.3) is 0 Å². The third kappa shape index (κ3) is 4.95. The van der Waals surface area contributed by atoms with E-state index in [2.05, 4.69) is 29.5 Å². The van der Waals surface area contributed by atoms with E-state index in [-0.39, 0.29) is 18.3 Å². The van der Waals surface area contributed by atoms with Crippen LogP contribution in [0.5, 0.6) is 0 Å². The summed E-state index contributed by atoms with van der Waals surface area (Å²) >= 11 is 1.70. The van der Waals surface area contributed by atoms with Crippen molar-refractivity contribution in [2.45, 2.75) is 32.6 Å². The molecule has 2 N–H and O–H groups in total. The lowest BCUT2D eigenvalue weighted by Crippen LogP contribution is -2.15. The number of carbonyl (C=O) groups is 1. The van der Waals surface area contributed by atoms with Gasteiger partial charge in [-0.3, -0.25) is 4.79 Å². The molecule has 0 aliphatic carbocycles. The van der Waals surface area contributed by atoms with Crippen LogP contribution in [0.1, 0.15) is 37.6 Å². The molecule has 6 heteroatoms. The van der Waals surface area contributed by atoms with E-state index >= 15 is 0 Å². The van der Waals surface area contributed by atoms with Crippen molar-refractivity contribution in [2.75, 3.05) is 18.9 Å². The summed E-state index contributed by atoms with van der Waals surface area (Å²) in [5, 5.41) is 7.12. The first-order valence-corrected chi connectivity index (χ1v) is 7.76. The lowest BCUT2D eigenvalue weighted by Gasteiger charge is -2.04. The molecule has 116 valence electrons. The number of hydrogen-bond acceptors (Lipinski definition) is 4. The summed E-state index contributed by atoms with van der Waals surface area (Å²) in [4.78, 5) is 16.4. The topological polar surface area (TPSA) is 54.0 Å². The summed E-state index contributed by atoms with van der Waals surface area (Å²) in [6, 6.07) is 5.90. The Morgan fingerprint density at radius 3 is 2.81 bits per heavy atom. The van der Waals surface area contributed by atoms with Gasteiger partial charge < -0.3 is 10.6 Å². The standard InChI is InChI=1S/C15H21N3OS.ClH/c1-10(2)15-18-12-7-6-11(9-13(12)20-15)17-14(19)5-4-8-16-3;/h6-7,9-10,16H,4-5,8H2,1-3H3,(H,17,19);1H. The van der Waals surface area contributed by atoms with Gasteiger partial charge in [0.05, 0.1) is 15.2 Å². The summed E-state index contributed by atoms with van der Waals surface area (Å²) in [5.41, 5.74) is 1.86. The van der Waals surface area contributed by atoms with Gasteiger partial charge in [0.2, 0.25) is 5.91 Å². The molecule has 0 saturated heterocycles. The molecule has 4 nitrogen and oxygen atoms in total. The number of thiazole rings is 1. The quantitative estimate of drug-likeness (QED) is 0.794. The highest BCUT2D eigenvalue weighted by Gasteiger charge is 2.09. The zero-order chi connectivity index (χ0) is 14.5.